The molecule has 196 valence electrons. The number of hydrogen-bond donors (Lipinski definition) is 1. The largest absolute Gasteiger partial charge is 0.459 e. The average Bonchev–Trinajstić information content (AvgIpc) is 3.32. The van der Waals surface area contributed by atoms with Crippen LogP contribution in [-0.4, -0.2) is 24.8 Å². The minimum atomic E-state index is -3.88. The number of nitrogens with one attached hydrogen (secondary N) is 1. The number of hydrazone groups is 1. The van der Waals surface area contributed by atoms with Crippen molar-refractivity contribution in [1.82, 2.24) is 9.73 Å². The van der Waals surface area contributed by atoms with Crippen LogP contribution in [0.2, 0.25) is 15.1 Å². The molecule has 0 fully saturated rings. The summed E-state index contributed by atoms with van der Waals surface area (Å²) < 4.78 is 34.1. The zero-order valence-electron chi connectivity index (χ0n) is 20.1. The maximum atomic E-state index is 13.5. The molecule has 1 amide bonds. The van der Waals surface area contributed by atoms with E-state index in [9.17, 15) is 13.2 Å². The highest BCUT2D eigenvalue weighted by Gasteiger charge is 2.26. The van der Waals surface area contributed by atoms with E-state index in [1.807, 2.05) is 31.2 Å². The number of carbonyl (C=O) groups is 1. The first kappa shape index (κ1) is 27.9. The van der Waals surface area contributed by atoms with Gasteiger partial charge in [-0.25, -0.2) is 13.8 Å². The number of amides is 1. The zero-order chi connectivity index (χ0) is 27.3. The van der Waals surface area contributed by atoms with Gasteiger partial charge >= 0.3 is 0 Å². The molecule has 0 radical (unpaired) electrons. The highest BCUT2D eigenvalue weighted by molar-refractivity contribution is 7.89. The van der Waals surface area contributed by atoms with Gasteiger partial charge in [-0.05, 0) is 67.1 Å². The van der Waals surface area contributed by atoms with Crippen molar-refractivity contribution >= 4 is 56.9 Å². The van der Waals surface area contributed by atoms with Gasteiger partial charge in [-0.3, -0.25) is 4.79 Å². The Kier molecular flexibility index (Phi) is 8.91. The average molecular weight is 591 g/mol. The van der Waals surface area contributed by atoms with Crippen LogP contribution in [0.1, 0.15) is 33.0 Å². The van der Waals surface area contributed by atoms with Crippen molar-refractivity contribution in [2.45, 2.75) is 24.9 Å². The van der Waals surface area contributed by atoms with Crippen molar-refractivity contribution in [2.75, 3.05) is 0 Å². The van der Waals surface area contributed by atoms with Gasteiger partial charge in [0.25, 0.3) is 5.91 Å². The Balaban J connectivity index is 1.50. The standard InChI is InChI=1S/C27H22Cl3N3O4S/c1-18-2-4-19(5-3-18)16-33(38(35,36)24-11-6-20(28)7-12-24)17-23-10-9-22(37-23)15-31-32-27(34)25-13-8-21(29)14-26(25)30/h2-15H,16-17H2,1H3,(H,32,34)/b31-15-. The first-order valence-corrected chi connectivity index (χ1v) is 13.9. The Hall–Kier alpha value is -3.14. The molecule has 0 aliphatic rings. The highest BCUT2D eigenvalue weighted by Crippen LogP contribution is 2.24. The molecule has 1 N–H and O–H groups in total. The van der Waals surface area contributed by atoms with Gasteiger partial charge in [-0.15, -0.1) is 0 Å². The molecule has 1 heterocycles. The Labute approximate surface area is 235 Å². The SMILES string of the molecule is Cc1ccc(CN(Cc2ccc(/C=N\NC(=O)c3ccc(Cl)cc3Cl)o2)S(=O)(=O)c2ccc(Cl)cc2)cc1. The summed E-state index contributed by atoms with van der Waals surface area (Å²) in [7, 11) is -3.88. The lowest BCUT2D eigenvalue weighted by atomic mass is 10.1. The molecule has 4 aromatic rings. The van der Waals surface area contributed by atoms with E-state index in [2.05, 4.69) is 10.5 Å². The number of sulfonamides is 1. The predicted molar refractivity (Wildman–Crippen MR) is 149 cm³/mol. The molecule has 0 saturated carbocycles. The molecule has 0 bridgehead atoms. The van der Waals surface area contributed by atoms with Crippen LogP contribution < -0.4 is 5.43 Å². The van der Waals surface area contributed by atoms with Crippen LogP contribution in [0.15, 0.2) is 93.3 Å². The molecule has 0 aliphatic carbocycles. The second kappa shape index (κ2) is 12.1. The molecule has 3 aromatic carbocycles. The summed E-state index contributed by atoms with van der Waals surface area (Å²) in [6.45, 7) is 2.07. The molecule has 0 spiro atoms. The molecule has 1 aromatic heterocycles. The fourth-order valence-corrected chi connectivity index (χ4v) is 5.50. The monoisotopic (exact) mass is 589 g/mol. The van der Waals surface area contributed by atoms with Crippen molar-refractivity contribution in [3.63, 3.8) is 0 Å². The normalized spacial score (nSPS) is 11.8. The molecule has 0 aliphatic heterocycles. The lowest BCUT2D eigenvalue weighted by Crippen LogP contribution is -2.30. The van der Waals surface area contributed by atoms with E-state index in [0.29, 0.717) is 21.6 Å². The quantitative estimate of drug-likeness (QED) is 0.173. The van der Waals surface area contributed by atoms with Gasteiger partial charge in [0.15, 0.2) is 0 Å². The van der Waals surface area contributed by atoms with Crippen molar-refractivity contribution < 1.29 is 17.6 Å². The van der Waals surface area contributed by atoms with Crippen molar-refractivity contribution in [1.29, 1.82) is 0 Å². The van der Waals surface area contributed by atoms with Gasteiger partial charge < -0.3 is 4.42 Å². The second-order valence-electron chi connectivity index (χ2n) is 8.34. The van der Waals surface area contributed by atoms with Crippen LogP contribution in [-0.2, 0) is 23.1 Å². The Morgan fingerprint density at radius 2 is 1.61 bits per heavy atom. The van der Waals surface area contributed by atoms with Crippen LogP contribution in [0.4, 0.5) is 0 Å². The highest BCUT2D eigenvalue weighted by atomic mass is 35.5. The third-order valence-corrected chi connectivity index (χ3v) is 8.08. The Morgan fingerprint density at radius 3 is 2.29 bits per heavy atom. The van der Waals surface area contributed by atoms with Gasteiger partial charge in [-0.1, -0.05) is 64.6 Å². The van der Waals surface area contributed by atoms with E-state index >= 15 is 0 Å². The van der Waals surface area contributed by atoms with Crippen LogP contribution in [0.25, 0.3) is 0 Å². The van der Waals surface area contributed by atoms with Crippen LogP contribution in [0, 0.1) is 6.92 Å². The zero-order valence-corrected chi connectivity index (χ0v) is 23.2. The Morgan fingerprint density at radius 1 is 0.921 bits per heavy atom. The minimum absolute atomic E-state index is 0.0284. The maximum Gasteiger partial charge on any atom is 0.272 e. The second-order valence-corrected chi connectivity index (χ2v) is 11.6. The number of aryl methyl sites for hydroxylation is 1. The molecular weight excluding hydrogens is 569 g/mol. The number of carbonyl (C=O) groups excluding carboxylic acids is 1. The van der Waals surface area contributed by atoms with E-state index in [1.165, 1.54) is 46.9 Å². The predicted octanol–water partition coefficient (Wildman–Crippen LogP) is 6.70. The van der Waals surface area contributed by atoms with Gasteiger partial charge in [0, 0.05) is 16.6 Å². The number of furan rings is 1. The number of nitrogens with zero attached hydrogens (tertiary/aromatic N) is 2. The summed E-state index contributed by atoms with van der Waals surface area (Å²) >= 11 is 17.9. The van der Waals surface area contributed by atoms with Crippen LogP contribution in [0.5, 0.6) is 0 Å². The van der Waals surface area contributed by atoms with Crippen molar-refractivity contribution in [3.05, 3.63) is 122 Å². The third kappa shape index (κ3) is 7.03. The first-order valence-electron chi connectivity index (χ1n) is 11.3. The minimum Gasteiger partial charge on any atom is -0.459 e. The van der Waals surface area contributed by atoms with E-state index in [0.717, 1.165) is 11.1 Å². The molecule has 38 heavy (non-hydrogen) atoms. The van der Waals surface area contributed by atoms with Crippen LogP contribution in [0.3, 0.4) is 0 Å². The van der Waals surface area contributed by atoms with Gasteiger partial charge in [-0.2, -0.15) is 9.41 Å². The molecule has 0 saturated heterocycles. The van der Waals surface area contributed by atoms with Gasteiger partial charge in [0.2, 0.25) is 10.0 Å². The number of rotatable bonds is 9. The summed E-state index contributed by atoms with van der Waals surface area (Å²) in [5.74, 6) is 0.192. The van der Waals surface area contributed by atoms with Crippen LogP contribution >= 0.6 is 34.8 Å². The molecule has 7 nitrogen and oxygen atoms in total. The van der Waals surface area contributed by atoms with E-state index in [4.69, 9.17) is 39.2 Å². The van der Waals surface area contributed by atoms with Gasteiger partial charge in [0.05, 0.1) is 28.2 Å². The molecule has 4 rings (SSSR count). The van der Waals surface area contributed by atoms with E-state index in [-0.39, 0.29) is 28.6 Å². The van der Waals surface area contributed by atoms with Crippen molar-refractivity contribution in [2.24, 2.45) is 5.10 Å². The lowest BCUT2D eigenvalue weighted by molar-refractivity contribution is 0.0955. The lowest BCUT2D eigenvalue weighted by Gasteiger charge is -2.21. The molecule has 0 unspecified atom stereocenters. The number of hydrogen-bond acceptors (Lipinski definition) is 5. The van der Waals surface area contributed by atoms with E-state index < -0.39 is 15.9 Å². The summed E-state index contributed by atoms with van der Waals surface area (Å²) in [6.07, 6.45) is 1.31. The fourth-order valence-electron chi connectivity index (χ4n) is 3.49. The number of halogens is 3. The fraction of sp³-hybridized carbons (Fsp3) is 0.111. The first-order chi connectivity index (χ1) is 18.1. The Bertz CT molecular complexity index is 1570. The molecule has 11 heteroatoms. The third-order valence-electron chi connectivity index (χ3n) is 5.48. The number of benzene rings is 3. The maximum absolute atomic E-state index is 13.5. The summed E-state index contributed by atoms with van der Waals surface area (Å²) in [5, 5.41) is 4.94. The van der Waals surface area contributed by atoms with Crippen molar-refractivity contribution in [3.8, 4) is 0 Å². The smallest absolute Gasteiger partial charge is 0.272 e. The topological polar surface area (TPSA) is 92.0 Å². The summed E-state index contributed by atoms with van der Waals surface area (Å²) in [5.41, 5.74) is 4.48. The summed E-state index contributed by atoms with van der Waals surface area (Å²) in [4.78, 5) is 12.4. The molecular formula is C27H22Cl3N3O4S. The van der Waals surface area contributed by atoms with Gasteiger partial charge in [0.1, 0.15) is 11.5 Å². The molecule has 0 atom stereocenters. The summed E-state index contributed by atoms with van der Waals surface area (Å²) in [6, 6.07) is 21.4. The van der Waals surface area contributed by atoms with E-state index in [1.54, 1.807) is 18.2 Å².